The predicted molar refractivity (Wildman–Crippen MR) is 85.0 cm³/mol. The van der Waals surface area contributed by atoms with E-state index in [1.54, 1.807) is 0 Å². The van der Waals surface area contributed by atoms with Crippen molar-refractivity contribution >= 4 is 5.69 Å². The Bertz CT molecular complexity index is 400. The maximum Gasteiger partial charge on any atom is 0.142 e. The van der Waals surface area contributed by atoms with Crippen LogP contribution in [0.3, 0.4) is 0 Å². The molecule has 0 radical (unpaired) electrons. The van der Waals surface area contributed by atoms with E-state index >= 15 is 0 Å². The SMILES string of the molecule is CC(C)CN(CCOc1ccccc1N)C1CCCC1. The number of para-hydroxylation sites is 2. The van der Waals surface area contributed by atoms with Crippen LogP contribution in [0.15, 0.2) is 24.3 Å². The molecule has 0 bridgehead atoms. The van der Waals surface area contributed by atoms with Crippen LogP contribution in [0.1, 0.15) is 39.5 Å². The van der Waals surface area contributed by atoms with E-state index in [4.69, 9.17) is 10.5 Å². The van der Waals surface area contributed by atoms with E-state index in [-0.39, 0.29) is 0 Å². The van der Waals surface area contributed by atoms with Crippen molar-refractivity contribution in [1.82, 2.24) is 4.90 Å². The summed E-state index contributed by atoms with van der Waals surface area (Å²) in [6.45, 7) is 7.46. The van der Waals surface area contributed by atoms with Crippen molar-refractivity contribution < 1.29 is 4.74 Å². The van der Waals surface area contributed by atoms with E-state index in [1.807, 2.05) is 24.3 Å². The Morgan fingerprint density at radius 3 is 2.60 bits per heavy atom. The highest BCUT2D eigenvalue weighted by molar-refractivity contribution is 5.51. The summed E-state index contributed by atoms with van der Waals surface area (Å²) in [4.78, 5) is 2.61. The van der Waals surface area contributed by atoms with Crippen LogP contribution in [0.2, 0.25) is 0 Å². The first-order valence-corrected chi connectivity index (χ1v) is 7.88. The molecular weight excluding hydrogens is 248 g/mol. The number of nitrogens with zero attached hydrogens (tertiary/aromatic N) is 1. The van der Waals surface area contributed by atoms with E-state index in [9.17, 15) is 0 Å². The summed E-state index contributed by atoms with van der Waals surface area (Å²) in [5.74, 6) is 1.51. The summed E-state index contributed by atoms with van der Waals surface area (Å²) in [5, 5.41) is 0. The Kier molecular flexibility index (Phi) is 5.72. The van der Waals surface area contributed by atoms with Gasteiger partial charge in [-0.25, -0.2) is 0 Å². The molecule has 112 valence electrons. The van der Waals surface area contributed by atoms with Crippen LogP contribution in [0.5, 0.6) is 5.75 Å². The standard InChI is InChI=1S/C17H28N2O/c1-14(2)13-19(15-7-3-4-8-15)11-12-20-17-10-6-5-9-16(17)18/h5-6,9-10,14-15H,3-4,7-8,11-13,18H2,1-2H3. The number of nitrogen functional groups attached to an aromatic ring is 1. The van der Waals surface area contributed by atoms with E-state index < -0.39 is 0 Å². The molecule has 0 saturated heterocycles. The average Bonchev–Trinajstić information content (AvgIpc) is 2.93. The highest BCUT2D eigenvalue weighted by atomic mass is 16.5. The first-order valence-electron chi connectivity index (χ1n) is 7.88. The smallest absolute Gasteiger partial charge is 0.142 e. The monoisotopic (exact) mass is 276 g/mol. The maximum absolute atomic E-state index is 5.90. The zero-order valence-corrected chi connectivity index (χ0v) is 12.8. The summed E-state index contributed by atoms with van der Waals surface area (Å²) in [6.07, 6.45) is 5.46. The fourth-order valence-electron chi connectivity index (χ4n) is 3.05. The van der Waals surface area contributed by atoms with Crippen molar-refractivity contribution in [1.29, 1.82) is 0 Å². The molecular formula is C17H28N2O. The summed E-state index contributed by atoms with van der Waals surface area (Å²) in [7, 11) is 0. The number of hydrogen-bond donors (Lipinski definition) is 1. The van der Waals surface area contributed by atoms with Gasteiger partial charge in [-0.2, -0.15) is 0 Å². The van der Waals surface area contributed by atoms with Gasteiger partial charge in [0.25, 0.3) is 0 Å². The molecule has 0 aliphatic heterocycles. The van der Waals surface area contributed by atoms with Crippen molar-refractivity contribution in [3.8, 4) is 5.75 Å². The summed E-state index contributed by atoms with van der Waals surface area (Å²) >= 11 is 0. The van der Waals surface area contributed by atoms with Gasteiger partial charge in [0.15, 0.2) is 0 Å². The van der Waals surface area contributed by atoms with Gasteiger partial charge in [0.1, 0.15) is 12.4 Å². The van der Waals surface area contributed by atoms with Crippen LogP contribution >= 0.6 is 0 Å². The Morgan fingerprint density at radius 2 is 1.95 bits per heavy atom. The third kappa shape index (κ3) is 4.41. The Morgan fingerprint density at radius 1 is 1.25 bits per heavy atom. The molecule has 0 heterocycles. The molecule has 20 heavy (non-hydrogen) atoms. The molecule has 0 spiro atoms. The predicted octanol–water partition coefficient (Wildman–Crippen LogP) is 3.55. The molecule has 0 atom stereocenters. The zero-order valence-electron chi connectivity index (χ0n) is 12.8. The molecule has 0 unspecified atom stereocenters. The third-order valence-electron chi connectivity index (χ3n) is 4.00. The summed E-state index contributed by atoms with van der Waals surface area (Å²) < 4.78 is 5.84. The highest BCUT2D eigenvalue weighted by Crippen LogP contribution is 2.24. The highest BCUT2D eigenvalue weighted by Gasteiger charge is 2.22. The molecule has 2 N–H and O–H groups in total. The number of hydrogen-bond acceptors (Lipinski definition) is 3. The molecule has 0 aromatic heterocycles. The molecule has 3 nitrogen and oxygen atoms in total. The van der Waals surface area contributed by atoms with Gasteiger partial charge in [0, 0.05) is 19.1 Å². The largest absolute Gasteiger partial charge is 0.490 e. The lowest BCUT2D eigenvalue weighted by atomic mass is 10.1. The van der Waals surface area contributed by atoms with Gasteiger partial charge in [-0.15, -0.1) is 0 Å². The fourth-order valence-corrected chi connectivity index (χ4v) is 3.05. The topological polar surface area (TPSA) is 38.5 Å². The number of benzene rings is 1. The Balaban J connectivity index is 1.83. The van der Waals surface area contributed by atoms with Gasteiger partial charge in [0.2, 0.25) is 0 Å². The fraction of sp³-hybridized carbons (Fsp3) is 0.647. The quantitative estimate of drug-likeness (QED) is 0.774. The maximum atomic E-state index is 5.90. The Hall–Kier alpha value is -1.22. The van der Waals surface area contributed by atoms with E-state index in [0.29, 0.717) is 5.92 Å². The minimum absolute atomic E-state index is 0.706. The second kappa shape index (κ2) is 7.53. The lowest BCUT2D eigenvalue weighted by molar-refractivity contribution is 0.145. The van der Waals surface area contributed by atoms with Crippen LogP contribution in [-0.4, -0.2) is 30.6 Å². The van der Waals surface area contributed by atoms with Crippen molar-refractivity contribution in [3.63, 3.8) is 0 Å². The Labute approximate surface area is 123 Å². The number of ether oxygens (including phenoxy) is 1. The molecule has 1 aliphatic carbocycles. The normalized spacial score (nSPS) is 16.2. The molecule has 2 rings (SSSR count). The van der Waals surface area contributed by atoms with Gasteiger partial charge in [-0.1, -0.05) is 38.8 Å². The van der Waals surface area contributed by atoms with Crippen LogP contribution < -0.4 is 10.5 Å². The second-order valence-electron chi connectivity index (χ2n) is 6.21. The minimum atomic E-state index is 0.706. The number of rotatable bonds is 7. The molecule has 1 aliphatic rings. The van der Waals surface area contributed by atoms with Crippen molar-refractivity contribution in [2.45, 2.75) is 45.6 Å². The van der Waals surface area contributed by atoms with Crippen LogP contribution in [-0.2, 0) is 0 Å². The van der Waals surface area contributed by atoms with Crippen LogP contribution in [0, 0.1) is 5.92 Å². The molecule has 3 heteroatoms. The van der Waals surface area contributed by atoms with E-state index in [0.717, 1.165) is 37.2 Å². The molecule has 1 aromatic carbocycles. The van der Waals surface area contributed by atoms with E-state index in [2.05, 4.69) is 18.7 Å². The first kappa shape index (κ1) is 15.2. The van der Waals surface area contributed by atoms with Gasteiger partial charge >= 0.3 is 0 Å². The van der Waals surface area contributed by atoms with Gasteiger partial charge in [-0.3, -0.25) is 4.90 Å². The number of anilines is 1. The lowest BCUT2D eigenvalue weighted by Crippen LogP contribution is -2.39. The van der Waals surface area contributed by atoms with Crippen LogP contribution in [0.4, 0.5) is 5.69 Å². The lowest BCUT2D eigenvalue weighted by Gasteiger charge is -2.30. The molecule has 1 fully saturated rings. The zero-order chi connectivity index (χ0) is 14.4. The minimum Gasteiger partial charge on any atom is -0.490 e. The first-order chi connectivity index (χ1) is 9.66. The average molecular weight is 276 g/mol. The van der Waals surface area contributed by atoms with Crippen LogP contribution in [0.25, 0.3) is 0 Å². The second-order valence-corrected chi connectivity index (χ2v) is 6.21. The van der Waals surface area contributed by atoms with Gasteiger partial charge in [0.05, 0.1) is 5.69 Å². The summed E-state index contributed by atoms with van der Waals surface area (Å²) in [5.41, 5.74) is 6.63. The van der Waals surface area contributed by atoms with Gasteiger partial charge < -0.3 is 10.5 Å². The van der Waals surface area contributed by atoms with E-state index in [1.165, 1.54) is 25.7 Å². The third-order valence-corrected chi connectivity index (χ3v) is 4.00. The van der Waals surface area contributed by atoms with Crippen molar-refractivity contribution in [3.05, 3.63) is 24.3 Å². The molecule has 1 saturated carbocycles. The van der Waals surface area contributed by atoms with Gasteiger partial charge in [-0.05, 0) is 30.9 Å². The number of nitrogens with two attached hydrogens (primary N) is 1. The van der Waals surface area contributed by atoms with Crippen molar-refractivity contribution in [2.24, 2.45) is 5.92 Å². The van der Waals surface area contributed by atoms with Crippen molar-refractivity contribution in [2.75, 3.05) is 25.4 Å². The molecule has 1 aromatic rings. The summed E-state index contributed by atoms with van der Waals surface area (Å²) in [6, 6.07) is 8.49. The molecule has 0 amide bonds.